The van der Waals surface area contributed by atoms with Crippen LogP contribution >= 0.6 is 0 Å². The lowest BCUT2D eigenvalue weighted by Gasteiger charge is -2.04. The van der Waals surface area contributed by atoms with Crippen LogP contribution in [0.15, 0.2) is 48.8 Å². The summed E-state index contributed by atoms with van der Waals surface area (Å²) in [6.45, 7) is 0.187. The van der Waals surface area contributed by atoms with E-state index in [9.17, 15) is 4.79 Å². The Morgan fingerprint density at radius 2 is 1.83 bits per heavy atom. The van der Waals surface area contributed by atoms with Gasteiger partial charge in [0.1, 0.15) is 6.61 Å². The van der Waals surface area contributed by atoms with E-state index in [2.05, 4.69) is 4.98 Å². The summed E-state index contributed by atoms with van der Waals surface area (Å²) in [5.74, 6) is -0.387. The van der Waals surface area contributed by atoms with Gasteiger partial charge in [-0.3, -0.25) is 4.98 Å². The van der Waals surface area contributed by atoms with Crippen LogP contribution in [0.5, 0.6) is 0 Å². The Morgan fingerprint density at radius 3 is 2.44 bits per heavy atom. The Balaban J connectivity index is 1.95. The number of pyridine rings is 1. The lowest BCUT2D eigenvalue weighted by atomic mass is 10.1. The Hall–Kier alpha value is -2.67. The minimum atomic E-state index is -0.387. The molecule has 0 aliphatic rings. The highest BCUT2D eigenvalue weighted by atomic mass is 16.5. The van der Waals surface area contributed by atoms with Gasteiger partial charge in [0.25, 0.3) is 0 Å². The van der Waals surface area contributed by atoms with Crippen LogP contribution in [-0.2, 0) is 11.3 Å². The zero-order valence-electron chi connectivity index (χ0n) is 9.54. The van der Waals surface area contributed by atoms with Crippen molar-refractivity contribution in [2.24, 2.45) is 0 Å². The third kappa shape index (κ3) is 2.92. The third-order valence-corrected chi connectivity index (χ3v) is 2.37. The van der Waals surface area contributed by atoms with Gasteiger partial charge in [0, 0.05) is 12.4 Å². The van der Waals surface area contributed by atoms with E-state index in [4.69, 9.17) is 10.00 Å². The van der Waals surface area contributed by atoms with Crippen molar-refractivity contribution < 1.29 is 9.53 Å². The van der Waals surface area contributed by atoms with E-state index in [0.717, 1.165) is 5.56 Å². The first-order valence-electron chi connectivity index (χ1n) is 5.36. The summed E-state index contributed by atoms with van der Waals surface area (Å²) in [6, 6.07) is 12.1. The fourth-order valence-electron chi connectivity index (χ4n) is 1.40. The molecule has 0 amide bonds. The Bertz CT molecular complexity index is 571. The number of esters is 1. The van der Waals surface area contributed by atoms with Gasteiger partial charge in [-0.2, -0.15) is 5.26 Å². The average Bonchev–Trinajstić information content (AvgIpc) is 2.46. The van der Waals surface area contributed by atoms with Gasteiger partial charge in [0.2, 0.25) is 0 Å². The summed E-state index contributed by atoms with van der Waals surface area (Å²) >= 11 is 0. The van der Waals surface area contributed by atoms with Crippen LogP contribution in [0, 0.1) is 11.3 Å². The smallest absolute Gasteiger partial charge is 0.338 e. The molecule has 0 spiro atoms. The van der Waals surface area contributed by atoms with Crippen LogP contribution in [0.3, 0.4) is 0 Å². The van der Waals surface area contributed by atoms with E-state index in [0.29, 0.717) is 11.1 Å². The molecule has 0 aliphatic heterocycles. The van der Waals surface area contributed by atoms with Gasteiger partial charge in [0.05, 0.1) is 17.2 Å². The van der Waals surface area contributed by atoms with E-state index in [1.165, 1.54) is 12.4 Å². The maximum Gasteiger partial charge on any atom is 0.338 e. The molecule has 1 heterocycles. The fourth-order valence-corrected chi connectivity index (χ4v) is 1.40. The minimum absolute atomic E-state index is 0.187. The standard InChI is InChI=1S/C14H10N2O2/c15-9-11-1-3-12(4-2-11)10-18-14(17)13-5-7-16-8-6-13/h1-8H,10H2. The van der Waals surface area contributed by atoms with Crippen LogP contribution < -0.4 is 0 Å². The normalized spacial score (nSPS) is 9.50. The molecule has 2 rings (SSSR count). The molecule has 0 bridgehead atoms. The number of carbonyl (C=O) groups is 1. The predicted molar refractivity (Wildman–Crippen MR) is 64.5 cm³/mol. The second-order valence-corrected chi connectivity index (χ2v) is 3.62. The van der Waals surface area contributed by atoms with Crippen molar-refractivity contribution >= 4 is 5.97 Å². The molecule has 1 aromatic carbocycles. The highest BCUT2D eigenvalue weighted by Crippen LogP contribution is 2.07. The number of hydrogen-bond acceptors (Lipinski definition) is 4. The number of rotatable bonds is 3. The van der Waals surface area contributed by atoms with Crippen LogP contribution in [0.4, 0.5) is 0 Å². The molecule has 0 N–H and O–H groups in total. The monoisotopic (exact) mass is 238 g/mol. The summed E-state index contributed by atoms with van der Waals surface area (Å²) in [4.78, 5) is 15.5. The van der Waals surface area contributed by atoms with Gasteiger partial charge in [-0.1, -0.05) is 12.1 Å². The number of hydrogen-bond donors (Lipinski definition) is 0. The third-order valence-electron chi connectivity index (χ3n) is 2.37. The molecule has 4 heteroatoms. The van der Waals surface area contributed by atoms with Crippen LogP contribution in [-0.4, -0.2) is 11.0 Å². The molecular formula is C14H10N2O2. The zero-order chi connectivity index (χ0) is 12.8. The second-order valence-electron chi connectivity index (χ2n) is 3.62. The summed E-state index contributed by atoms with van der Waals surface area (Å²) < 4.78 is 5.14. The molecule has 0 radical (unpaired) electrons. The Morgan fingerprint density at radius 1 is 1.17 bits per heavy atom. The van der Waals surface area contributed by atoms with Crippen molar-refractivity contribution in [1.29, 1.82) is 5.26 Å². The molecule has 88 valence electrons. The first kappa shape index (κ1) is 11.8. The summed E-state index contributed by atoms with van der Waals surface area (Å²) in [7, 11) is 0. The van der Waals surface area contributed by atoms with E-state index < -0.39 is 0 Å². The molecule has 4 nitrogen and oxygen atoms in total. The first-order valence-corrected chi connectivity index (χ1v) is 5.36. The van der Waals surface area contributed by atoms with Crippen molar-refractivity contribution in [3.8, 4) is 6.07 Å². The van der Waals surface area contributed by atoms with Crippen molar-refractivity contribution in [2.45, 2.75) is 6.61 Å². The van der Waals surface area contributed by atoms with Crippen molar-refractivity contribution in [3.63, 3.8) is 0 Å². The highest BCUT2D eigenvalue weighted by molar-refractivity contribution is 5.89. The Kier molecular flexibility index (Phi) is 3.67. The lowest BCUT2D eigenvalue weighted by molar-refractivity contribution is 0.0472. The molecule has 2 aromatic rings. The van der Waals surface area contributed by atoms with Gasteiger partial charge in [-0.25, -0.2) is 4.79 Å². The average molecular weight is 238 g/mol. The van der Waals surface area contributed by atoms with E-state index >= 15 is 0 Å². The summed E-state index contributed by atoms with van der Waals surface area (Å²) in [5.41, 5.74) is 1.90. The zero-order valence-corrected chi connectivity index (χ0v) is 9.54. The largest absolute Gasteiger partial charge is 0.457 e. The number of aromatic nitrogens is 1. The topological polar surface area (TPSA) is 63.0 Å². The maximum absolute atomic E-state index is 11.6. The number of ether oxygens (including phenoxy) is 1. The van der Waals surface area contributed by atoms with Crippen molar-refractivity contribution in [2.75, 3.05) is 0 Å². The van der Waals surface area contributed by atoms with Crippen LogP contribution in [0.2, 0.25) is 0 Å². The SMILES string of the molecule is N#Cc1ccc(COC(=O)c2ccncc2)cc1. The van der Waals surface area contributed by atoms with E-state index in [1.807, 2.05) is 6.07 Å². The first-order chi connectivity index (χ1) is 8.79. The minimum Gasteiger partial charge on any atom is -0.457 e. The molecule has 0 aliphatic carbocycles. The van der Waals surface area contributed by atoms with E-state index in [1.54, 1.807) is 36.4 Å². The fraction of sp³-hybridized carbons (Fsp3) is 0.0714. The molecule has 1 aromatic heterocycles. The van der Waals surface area contributed by atoms with Gasteiger partial charge in [0.15, 0.2) is 0 Å². The summed E-state index contributed by atoms with van der Waals surface area (Å²) in [5, 5.41) is 8.65. The van der Waals surface area contributed by atoms with Crippen LogP contribution in [0.25, 0.3) is 0 Å². The predicted octanol–water partition coefficient (Wildman–Crippen LogP) is 2.31. The van der Waals surface area contributed by atoms with Gasteiger partial charge < -0.3 is 4.74 Å². The maximum atomic E-state index is 11.6. The highest BCUT2D eigenvalue weighted by Gasteiger charge is 2.06. The lowest BCUT2D eigenvalue weighted by Crippen LogP contribution is -2.05. The molecule has 0 fully saturated rings. The molecular weight excluding hydrogens is 228 g/mol. The number of benzene rings is 1. The van der Waals surface area contributed by atoms with Gasteiger partial charge in [-0.15, -0.1) is 0 Å². The number of nitrogens with zero attached hydrogens (tertiary/aromatic N) is 2. The molecule has 0 atom stereocenters. The number of carbonyl (C=O) groups excluding carboxylic acids is 1. The van der Waals surface area contributed by atoms with Gasteiger partial charge >= 0.3 is 5.97 Å². The number of nitriles is 1. The van der Waals surface area contributed by atoms with Crippen molar-refractivity contribution in [1.82, 2.24) is 4.98 Å². The molecule has 0 saturated carbocycles. The second kappa shape index (κ2) is 5.60. The molecule has 0 saturated heterocycles. The van der Waals surface area contributed by atoms with Gasteiger partial charge in [-0.05, 0) is 29.8 Å². The molecule has 18 heavy (non-hydrogen) atoms. The summed E-state index contributed by atoms with van der Waals surface area (Å²) in [6.07, 6.45) is 3.08. The van der Waals surface area contributed by atoms with E-state index in [-0.39, 0.29) is 12.6 Å². The van der Waals surface area contributed by atoms with Crippen molar-refractivity contribution in [3.05, 3.63) is 65.5 Å². The Labute approximate surface area is 104 Å². The molecule has 0 unspecified atom stereocenters. The quantitative estimate of drug-likeness (QED) is 0.770. The van der Waals surface area contributed by atoms with Crippen LogP contribution in [0.1, 0.15) is 21.5 Å².